The van der Waals surface area contributed by atoms with Gasteiger partial charge in [0, 0.05) is 32.0 Å². The molecule has 0 unspecified atom stereocenters. The predicted molar refractivity (Wildman–Crippen MR) is 106 cm³/mol. The number of benzene rings is 1. The highest BCUT2D eigenvalue weighted by molar-refractivity contribution is 5.79. The quantitative estimate of drug-likeness (QED) is 0.390. The lowest BCUT2D eigenvalue weighted by Gasteiger charge is -2.13. The summed E-state index contributed by atoms with van der Waals surface area (Å²) in [4.78, 5) is 9.07. The number of hydrogen-bond acceptors (Lipinski definition) is 3. The maximum absolute atomic E-state index is 5.71. The zero-order chi connectivity index (χ0) is 18.6. The van der Waals surface area contributed by atoms with E-state index in [-0.39, 0.29) is 0 Å². The van der Waals surface area contributed by atoms with E-state index in [9.17, 15) is 0 Å². The van der Waals surface area contributed by atoms with E-state index < -0.39 is 0 Å². The standard InChI is InChI=1S/C20H31N5O/c1-4-21-20(23-11-8-14-26-18-9-6-5-7-10-18)24-15-19-22-12-13-25(19)16-17(2)3/h5-7,9-10,12-13,17H,4,8,11,14-16H2,1-3H3,(H2,21,23,24). The smallest absolute Gasteiger partial charge is 0.191 e. The van der Waals surface area contributed by atoms with Gasteiger partial charge in [0.25, 0.3) is 0 Å². The van der Waals surface area contributed by atoms with Crippen molar-refractivity contribution in [3.8, 4) is 5.75 Å². The van der Waals surface area contributed by atoms with Gasteiger partial charge in [0.15, 0.2) is 5.96 Å². The Morgan fingerprint density at radius 1 is 1.23 bits per heavy atom. The summed E-state index contributed by atoms with van der Waals surface area (Å²) in [6.07, 6.45) is 4.77. The van der Waals surface area contributed by atoms with Crippen molar-refractivity contribution in [3.63, 3.8) is 0 Å². The Hall–Kier alpha value is -2.50. The summed E-state index contributed by atoms with van der Waals surface area (Å²) in [6.45, 7) is 10.3. The molecule has 26 heavy (non-hydrogen) atoms. The van der Waals surface area contributed by atoms with Crippen LogP contribution in [0.4, 0.5) is 0 Å². The highest BCUT2D eigenvalue weighted by atomic mass is 16.5. The molecule has 2 rings (SSSR count). The van der Waals surface area contributed by atoms with Crippen LogP contribution in [0.1, 0.15) is 33.0 Å². The molecular formula is C20H31N5O. The highest BCUT2D eigenvalue weighted by Gasteiger charge is 2.05. The fourth-order valence-electron chi connectivity index (χ4n) is 2.53. The van der Waals surface area contributed by atoms with Crippen LogP contribution < -0.4 is 15.4 Å². The van der Waals surface area contributed by atoms with Crippen molar-refractivity contribution >= 4 is 5.96 Å². The minimum Gasteiger partial charge on any atom is -0.494 e. The van der Waals surface area contributed by atoms with Crippen molar-refractivity contribution in [2.45, 2.75) is 40.3 Å². The number of para-hydroxylation sites is 1. The zero-order valence-electron chi connectivity index (χ0n) is 16.1. The summed E-state index contributed by atoms with van der Waals surface area (Å²) in [7, 11) is 0. The van der Waals surface area contributed by atoms with Crippen molar-refractivity contribution in [2.24, 2.45) is 10.9 Å². The second-order valence-electron chi connectivity index (χ2n) is 6.53. The van der Waals surface area contributed by atoms with Gasteiger partial charge in [-0.05, 0) is 31.4 Å². The van der Waals surface area contributed by atoms with Gasteiger partial charge in [-0.1, -0.05) is 32.0 Å². The second kappa shape index (κ2) is 11.2. The van der Waals surface area contributed by atoms with E-state index in [4.69, 9.17) is 4.74 Å². The van der Waals surface area contributed by atoms with E-state index >= 15 is 0 Å². The Balaban J connectivity index is 1.76. The molecule has 0 spiro atoms. The fourth-order valence-corrected chi connectivity index (χ4v) is 2.53. The van der Waals surface area contributed by atoms with Gasteiger partial charge in [-0.25, -0.2) is 9.98 Å². The van der Waals surface area contributed by atoms with Crippen LogP contribution in [-0.4, -0.2) is 35.2 Å². The summed E-state index contributed by atoms with van der Waals surface area (Å²) in [5.41, 5.74) is 0. The first-order chi connectivity index (χ1) is 12.7. The molecule has 0 saturated carbocycles. The molecule has 142 valence electrons. The molecule has 0 saturated heterocycles. The lowest BCUT2D eigenvalue weighted by molar-refractivity contribution is 0.311. The van der Waals surface area contributed by atoms with Crippen molar-refractivity contribution in [3.05, 3.63) is 48.5 Å². The van der Waals surface area contributed by atoms with Crippen LogP contribution >= 0.6 is 0 Å². The number of nitrogens with zero attached hydrogens (tertiary/aromatic N) is 3. The third kappa shape index (κ3) is 7.17. The molecule has 1 aromatic carbocycles. The average Bonchev–Trinajstić information content (AvgIpc) is 3.06. The Morgan fingerprint density at radius 3 is 2.77 bits per heavy atom. The molecule has 6 heteroatoms. The first-order valence-electron chi connectivity index (χ1n) is 9.39. The molecule has 0 atom stereocenters. The Labute approximate surface area is 156 Å². The molecule has 1 heterocycles. The predicted octanol–water partition coefficient (Wildman–Crippen LogP) is 3.06. The van der Waals surface area contributed by atoms with Gasteiger partial charge < -0.3 is 19.9 Å². The van der Waals surface area contributed by atoms with Crippen LogP contribution in [0.2, 0.25) is 0 Å². The number of imidazole rings is 1. The summed E-state index contributed by atoms with van der Waals surface area (Å²) in [6, 6.07) is 9.88. The molecule has 0 aliphatic rings. The van der Waals surface area contributed by atoms with Gasteiger partial charge in [-0.2, -0.15) is 0 Å². The van der Waals surface area contributed by atoms with Crippen LogP contribution in [0.5, 0.6) is 5.75 Å². The van der Waals surface area contributed by atoms with Crippen LogP contribution in [0.15, 0.2) is 47.7 Å². The van der Waals surface area contributed by atoms with Gasteiger partial charge in [0.2, 0.25) is 0 Å². The van der Waals surface area contributed by atoms with Crippen molar-refractivity contribution in [1.82, 2.24) is 20.2 Å². The van der Waals surface area contributed by atoms with Gasteiger partial charge in [0.05, 0.1) is 6.61 Å². The highest BCUT2D eigenvalue weighted by Crippen LogP contribution is 2.08. The summed E-state index contributed by atoms with van der Waals surface area (Å²) in [5.74, 6) is 3.29. The number of aliphatic imine (C=N–C) groups is 1. The lowest BCUT2D eigenvalue weighted by atomic mass is 10.2. The van der Waals surface area contributed by atoms with E-state index in [2.05, 4.69) is 45.9 Å². The maximum Gasteiger partial charge on any atom is 0.191 e. The topological polar surface area (TPSA) is 63.5 Å². The van der Waals surface area contributed by atoms with Crippen LogP contribution in [0, 0.1) is 5.92 Å². The zero-order valence-corrected chi connectivity index (χ0v) is 16.1. The first kappa shape index (κ1) is 19.8. The fraction of sp³-hybridized carbons (Fsp3) is 0.500. The molecule has 2 aromatic rings. The first-order valence-corrected chi connectivity index (χ1v) is 9.39. The van der Waals surface area contributed by atoms with Crippen LogP contribution in [-0.2, 0) is 13.1 Å². The lowest BCUT2D eigenvalue weighted by Crippen LogP contribution is -2.38. The summed E-state index contributed by atoms with van der Waals surface area (Å²) < 4.78 is 7.88. The number of nitrogens with one attached hydrogen (secondary N) is 2. The molecule has 1 aromatic heterocycles. The van der Waals surface area contributed by atoms with Gasteiger partial charge >= 0.3 is 0 Å². The number of rotatable bonds is 10. The minimum absolute atomic E-state index is 0.565. The Morgan fingerprint density at radius 2 is 2.04 bits per heavy atom. The van der Waals surface area contributed by atoms with Gasteiger partial charge in [0.1, 0.15) is 18.1 Å². The number of ether oxygens (including phenoxy) is 1. The van der Waals surface area contributed by atoms with Crippen molar-refractivity contribution in [1.29, 1.82) is 0 Å². The molecule has 0 radical (unpaired) electrons. The largest absolute Gasteiger partial charge is 0.494 e. The molecular weight excluding hydrogens is 326 g/mol. The Bertz CT molecular complexity index is 651. The third-order valence-electron chi connectivity index (χ3n) is 3.71. The Kier molecular flexibility index (Phi) is 8.52. The van der Waals surface area contributed by atoms with Crippen LogP contribution in [0.25, 0.3) is 0 Å². The van der Waals surface area contributed by atoms with Crippen molar-refractivity contribution < 1.29 is 4.74 Å². The maximum atomic E-state index is 5.71. The summed E-state index contributed by atoms with van der Waals surface area (Å²) >= 11 is 0. The molecule has 0 amide bonds. The number of guanidine groups is 1. The normalized spacial score (nSPS) is 11.6. The van der Waals surface area contributed by atoms with E-state index in [1.807, 2.05) is 42.7 Å². The monoisotopic (exact) mass is 357 g/mol. The molecule has 6 nitrogen and oxygen atoms in total. The molecule has 0 aliphatic carbocycles. The van der Waals surface area contributed by atoms with Crippen LogP contribution in [0.3, 0.4) is 0 Å². The van der Waals surface area contributed by atoms with Gasteiger partial charge in [-0.15, -0.1) is 0 Å². The molecule has 2 N–H and O–H groups in total. The van der Waals surface area contributed by atoms with E-state index in [0.717, 1.165) is 43.6 Å². The molecule has 0 aliphatic heterocycles. The summed E-state index contributed by atoms with van der Waals surface area (Å²) in [5, 5.41) is 6.63. The van der Waals surface area contributed by atoms with Crippen molar-refractivity contribution in [2.75, 3.05) is 19.7 Å². The van der Waals surface area contributed by atoms with E-state index in [1.54, 1.807) is 0 Å². The molecule has 0 bridgehead atoms. The van der Waals surface area contributed by atoms with E-state index in [0.29, 0.717) is 19.1 Å². The van der Waals surface area contributed by atoms with E-state index in [1.165, 1.54) is 0 Å². The minimum atomic E-state index is 0.565. The molecule has 0 fully saturated rings. The van der Waals surface area contributed by atoms with Gasteiger partial charge in [-0.3, -0.25) is 0 Å². The second-order valence-corrected chi connectivity index (χ2v) is 6.53. The third-order valence-corrected chi connectivity index (χ3v) is 3.71. The number of hydrogen-bond donors (Lipinski definition) is 2. The number of aromatic nitrogens is 2. The SMILES string of the molecule is CCNC(=NCc1nccn1CC(C)C)NCCCOc1ccccc1. The average molecular weight is 358 g/mol.